The third kappa shape index (κ3) is 6.04. The van der Waals surface area contributed by atoms with Crippen molar-refractivity contribution >= 4 is 29.9 Å². The molecule has 25 heavy (non-hydrogen) atoms. The van der Waals surface area contributed by atoms with Crippen LogP contribution in [0.15, 0.2) is 58.1 Å². The molecule has 1 aromatic carbocycles. The highest BCUT2D eigenvalue weighted by molar-refractivity contribution is 14.0. The number of benzene rings is 1. The molecule has 0 saturated carbocycles. The summed E-state index contributed by atoms with van der Waals surface area (Å²) in [7, 11) is 1.82. The topological polar surface area (TPSA) is 50.0 Å². The highest BCUT2D eigenvalue weighted by atomic mass is 127. The van der Waals surface area contributed by atoms with Crippen molar-refractivity contribution in [2.75, 3.05) is 26.7 Å². The van der Waals surface area contributed by atoms with Gasteiger partial charge in [0.05, 0.1) is 26.0 Å². The molecule has 3 rings (SSSR count). The van der Waals surface area contributed by atoms with Gasteiger partial charge in [-0.25, -0.2) is 0 Å². The number of hydrogen-bond acceptors (Lipinski definition) is 3. The van der Waals surface area contributed by atoms with Crippen molar-refractivity contribution in [3.05, 3.63) is 60.1 Å². The summed E-state index contributed by atoms with van der Waals surface area (Å²) in [4.78, 5) is 6.67. The zero-order valence-corrected chi connectivity index (χ0v) is 16.9. The van der Waals surface area contributed by atoms with E-state index in [9.17, 15) is 0 Å². The van der Waals surface area contributed by atoms with E-state index in [-0.39, 0.29) is 24.0 Å². The van der Waals surface area contributed by atoms with E-state index in [1.54, 1.807) is 6.26 Å². The zero-order valence-electron chi connectivity index (χ0n) is 14.6. The van der Waals surface area contributed by atoms with E-state index in [0.717, 1.165) is 37.8 Å². The van der Waals surface area contributed by atoms with E-state index in [2.05, 4.69) is 27.3 Å². The smallest absolute Gasteiger partial charge is 0.194 e. The Bertz CT molecular complexity index is 631. The summed E-state index contributed by atoms with van der Waals surface area (Å²) in [5.41, 5.74) is 1.23. The van der Waals surface area contributed by atoms with Gasteiger partial charge >= 0.3 is 0 Å². The summed E-state index contributed by atoms with van der Waals surface area (Å²) in [5, 5.41) is 3.36. The number of aliphatic imine (C=N–C) groups is 1. The van der Waals surface area contributed by atoms with Gasteiger partial charge in [0.2, 0.25) is 0 Å². The molecule has 2 aromatic rings. The first-order valence-corrected chi connectivity index (χ1v) is 8.45. The van der Waals surface area contributed by atoms with E-state index >= 15 is 0 Å². The van der Waals surface area contributed by atoms with Crippen molar-refractivity contribution in [2.45, 2.75) is 19.6 Å². The Hall–Kier alpha value is -1.54. The Labute approximate surface area is 166 Å². The van der Waals surface area contributed by atoms with Crippen molar-refractivity contribution in [1.82, 2.24) is 10.2 Å². The number of furan rings is 1. The van der Waals surface area contributed by atoms with E-state index in [0.29, 0.717) is 19.1 Å². The number of halogens is 1. The molecule has 1 aromatic heterocycles. The molecule has 0 amide bonds. The van der Waals surface area contributed by atoms with Gasteiger partial charge in [-0.2, -0.15) is 0 Å². The normalized spacial score (nSPS) is 17.4. The average Bonchev–Trinajstić information content (AvgIpc) is 3.29. The summed E-state index contributed by atoms with van der Waals surface area (Å²) in [6.45, 7) is 4.12. The molecule has 0 aliphatic carbocycles. The second kappa shape index (κ2) is 10.5. The number of guanidine groups is 1. The van der Waals surface area contributed by atoms with Gasteiger partial charge in [0, 0.05) is 26.1 Å². The van der Waals surface area contributed by atoms with Crippen LogP contribution in [0.5, 0.6) is 0 Å². The second-order valence-electron chi connectivity index (χ2n) is 6.08. The van der Waals surface area contributed by atoms with Crippen LogP contribution in [0.2, 0.25) is 0 Å². The van der Waals surface area contributed by atoms with Crippen LogP contribution >= 0.6 is 24.0 Å². The molecule has 1 saturated heterocycles. The summed E-state index contributed by atoms with van der Waals surface area (Å²) < 4.78 is 11.2. The molecule has 1 unspecified atom stereocenters. The predicted molar refractivity (Wildman–Crippen MR) is 110 cm³/mol. The summed E-state index contributed by atoms with van der Waals surface area (Å²) >= 11 is 0. The fourth-order valence-corrected chi connectivity index (χ4v) is 2.99. The van der Waals surface area contributed by atoms with Gasteiger partial charge in [0.1, 0.15) is 5.76 Å². The number of hydrogen-bond donors (Lipinski definition) is 1. The lowest BCUT2D eigenvalue weighted by Crippen LogP contribution is -2.39. The molecule has 0 radical (unpaired) electrons. The van der Waals surface area contributed by atoms with Crippen LogP contribution in [0.1, 0.15) is 17.7 Å². The second-order valence-corrected chi connectivity index (χ2v) is 6.08. The van der Waals surface area contributed by atoms with Crippen LogP contribution in [0, 0.1) is 5.92 Å². The molecule has 1 aliphatic rings. The Kier molecular flexibility index (Phi) is 8.27. The van der Waals surface area contributed by atoms with Crippen molar-refractivity contribution in [3.8, 4) is 0 Å². The molecule has 1 N–H and O–H groups in total. The van der Waals surface area contributed by atoms with Crippen LogP contribution < -0.4 is 5.32 Å². The molecule has 6 heteroatoms. The Morgan fingerprint density at radius 2 is 2.12 bits per heavy atom. The number of rotatable bonds is 6. The fourth-order valence-electron chi connectivity index (χ4n) is 2.99. The minimum atomic E-state index is 0. The van der Waals surface area contributed by atoms with Crippen molar-refractivity contribution in [1.29, 1.82) is 0 Å². The first-order chi connectivity index (χ1) is 11.8. The van der Waals surface area contributed by atoms with E-state index in [1.165, 1.54) is 5.56 Å². The highest BCUT2D eigenvalue weighted by Gasteiger charge is 2.25. The molecular weight excluding hydrogens is 429 g/mol. The molecule has 0 bridgehead atoms. The lowest BCUT2D eigenvalue weighted by atomic mass is 10.1. The Morgan fingerprint density at radius 1 is 1.28 bits per heavy atom. The molecule has 136 valence electrons. The van der Waals surface area contributed by atoms with E-state index in [1.807, 2.05) is 37.4 Å². The number of ether oxygens (including phenoxy) is 1. The number of nitrogens with zero attached hydrogens (tertiary/aromatic N) is 2. The molecule has 5 nitrogen and oxygen atoms in total. The molecule has 1 atom stereocenters. The van der Waals surface area contributed by atoms with Crippen LogP contribution in [0.4, 0.5) is 0 Å². The first kappa shape index (κ1) is 19.8. The average molecular weight is 455 g/mol. The van der Waals surface area contributed by atoms with E-state index in [4.69, 9.17) is 9.15 Å². The first-order valence-electron chi connectivity index (χ1n) is 8.45. The van der Waals surface area contributed by atoms with Crippen molar-refractivity contribution < 1.29 is 9.15 Å². The highest BCUT2D eigenvalue weighted by Crippen LogP contribution is 2.17. The lowest BCUT2D eigenvalue weighted by Gasteiger charge is -2.21. The minimum absolute atomic E-state index is 0. The van der Waals surface area contributed by atoms with Gasteiger partial charge in [-0.3, -0.25) is 4.99 Å². The molecule has 2 heterocycles. The van der Waals surface area contributed by atoms with Gasteiger partial charge in [-0.1, -0.05) is 30.3 Å². The van der Waals surface area contributed by atoms with Gasteiger partial charge < -0.3 is 19.4 Å². The summed E-state index contributed by atoms with van der Waals surface area (Å²) in [6, 6.07) is 14.2. The van der Waals surface area contributed by atoms with Gasteiger partial charge in [0.25, 0.3) is 0 Å². The maximum atomic E-state index is 5.88. The van der Waals surface area contributed by atoms with Crippen LogP contribution in [0.3, 0.4) is 0 Å². The maximum Gasteiger partial charge on any atom is 0.194 e. The van der Waals surface area contributed by atoms with Crippen molar-refractivity contribution in [3.63, 3.8) is 0 Å². The Morgan fingerprint density at radius 3 is 2.84 bits per heavy atom. The summed E-state index contributed by atoms with van der Waals surface area (Å²) in [6.07, 6.45) is 2.83. The van der Waals surface area contributed by atoms with Crippen molar-refractivity contribution in [2.24, 2.45) is 10.9 Å². The van der Waals surface area contributed by atoms with E-state index < -0.39 is 0 Å². The lowest BCUT2D eigenvalue weighted by molar-refractivity contribution is 0.0906. The van der Waals surface area contributed by atoms with Crippen LogP contribution in [0.25, 0.3) is 0 Å². The standard InChI is InChI=1S/C19H25N3O2.HI/c1-20-19(21-12-18-8-5-11-24-18)22-10-9-17(13-22)15-23-14-16-6-3-2-4-7-16;/h2-8,11,17H,9-10,12-15H2,1H3,(H,20,21);1H. The zero-order chi connectivity index (χ0) is 16.6. The van der Waals surface area contributed by atoms with Gasteiger partial charge in [-0.05, 0) is 24.1 Å². The summed E-state index contributed by atoms with van der Waals surface area (Å²) in [5.74, 6) is 2.39. The van der Waals surface area contributed by atoms with Crippen LogP contribution in [-0.2, 0) is 17.9 Å². The molecular formula is C19H26IN3O2. The number of nitrogens with one attached hydrogen (secondary N) is 1. The molecule has 1 fully saturated rings. The van der Waals surface area contributed by atoms with Gasteiger partial charge in [0.15, 0.2) is 5.96 Å². The minimum Gasteiger partial charge on any atom is -0.467 e. The fraction of sp³-hybridized carbons (Fsp3) is 0.421. The molecule has 1 aliphatic heterocycles. The Balaban J connectivity index is 0.00000225. The predicted octanol–water partition coefficient (Wildman–Crippen LogP) is 3.51. The third-order valence-electron chi connectivity index (χ3n) is 4.26. The van der Waals surface area contributed by atoms with Crippen LogP contribution in [-0.4, -0.2) is 37.6 Å². The maximum absolute atomic E-state index is 5.88. The van der Waals surface area contributed by atoms with Gasteiger partial charge in [-0.15, -0.1) is 24.0 Å². The third-order valence-corrected chi connectivity index (χ3v) is 4.26. The quantitative estimate of drug-likeness (QED) is 0.412. The molecule has 0 spiro atoms. The monoisotopic (exact) mass is 455 g/mol. The largest absolute Gasteiger partial charge is 0.467 e. The number of likely N-dealkylation sites (tertiary alicyclic amines) is 1. The SMILES string of the molecule is CN=C(NCc1ccco1)N1CCC(COCc2ccccc2)C1.I.